The molecule has 110 valence electrons. The maximum absolute atomic E-state index is 13.7. The van der Waals surface area contributed by atoms with Gasteiger partial charge >= 0.3 is 0 Å². The van der Waals surface area contributed by atoms with E-state index in [1.165, 1.54) is 24.6 Å². The van der Waals surface area contributed by atoms with Crippen molar-refractivity contribution in [3.8, 4) is 11.5 Å². The number of hydrogen-bond acceptors (Lipinski definition) is 2. The number of ketones is 1. The lowest BCUT2D eigenvalue weighted by molar-refractivity contribution is 0.101. The quantitative estimate of drug-likeness (QED) is 0.732. The Morgan fingerprint density at radius 3 is 2.19 bits per heavy atom. The van der Waals surface area contributed by atoms with Crippen molar-refractivity contribution in [2.45, 2.75) is 33.1 Å². The molecule has 2 aromatic rings. The molecule has 0 amide bonds. The fraction of sp³-hybridized carbons (Fsp3) is 0.278. The van der Waals surface area contributed by atoms with Crippen molar-refractivity contribution in [3.63, 3.8) is 0 Å². The molecule has 0 N–H and O–H groups in total. The molecule has 0 saturated carbocycles. The number of ether oxygens (including phenoxy) is 1. The standard InChI is InChI=1S/C18H19FO2/c1-12(20)17-15(19)6-5-7-16(17)21-14-10-8-13(9-11-14)18(2,3)4/h5-11H,1-4H3. The van der Waals surface area contributed by atoms with Crippen LogP contribution in [0.15, 0.2) is 42.5 Å². The van der Waals surface area contributed by atoms with Gasteiger partial charge in [0.2, 0.25) is 0 Å². The van der Waals surface area contributed by atoms with Gasteiger partial charge in [-0.2, -0.15) is 0 Å². The van der Waals surface area contributed by atoms with Crippen LogP contribution >= 0.6 is 0 Å². The lowest BCUT2D eigenvalue weighted by Gasteiger charge is -2.19. The van der Waals surface area contributed by atoms with Crippen molar-refractivity contribution in [1.82, 2.24) is 0 Å². The molecule has 0 fully saturated rings. The summed E-state index contributed by atoms with van der Waals surface area (Å²) in [6, 6.07) is 12.0. The van der Waals surface area contributed by atoms with Gasteiger partial charge in [-0.3, -0.25) is 4.79 Å². The van der Waals surface area contributed by atoms with Crippen LogP contribution in [0.25, 0.3) is 0 Å². The topological polar surface area (TPSA) is 26.3 Å². The summed E-state index contributed by atoms with van der Waals surface area (Å²) in [7, 11) is 0. The number of benzene rings is 2. The van der Waals surface area contributed by atoms with Crippen molar-refractivity contribution in [1.29, 1.82) is 0 Å². The van der Waals surface area contributed by atoms with E-state index in [-0.39, 0.29) is 22.5 Å². The first-order valence-electron chi connectivity index (χ1n) is 6.87. The Morgan fingerprint density at radius 1 is 1.05 bits per heavy atom. The van der Waals surface area contributed by atoms with Crippen LogP contribution in [0, 0.1) is 5.82 Å². The second kappa shape index (κ2) is 5.68. The van der Waals surface area contributed by atoms with Crippen LogP contribution in [0.4, 0.5) is 4.39 Å². The van der Waals surface area contributed by atoms with Crippen LogP contribution in [-0.4, -0.2) is 5.78 Å². The Balaban J connectivity index is 2.31. The van der Waals surface area contributed by atoms with E-state index in [2.05, 4.69) is 20.8 Å². The summed E-state index contributed by atoms with van der Waals surface area (Å²) in [5.41, 5.74) is 1.22. The fourth-order valence-electron chi connectivity index (χ4n) is 2.08. The molecule has 0 aromatic heterocycles. The number of carbonyl (C=O) groups excluding carboxylic acids is 1. The van der Waals surface area contributed by atoms with E-state index in [0.717, 1.165) is 0 Å². The monoisotopic (exact) mass is 286 g/mol. The number of Topliss-reactive ketones (excluding diaryl/α,β-unsaturated/α-hetero) is 1. The third kappa shape index (κ3) is 3.48. The molecule has 0 unspecified atom stereocenters. The van der Waals surface area contributed by atoms with Crippen LogP contribution in [0.5, 0.6) is 11.5 Å². The van der Waals surface area contributed by atoms with Crippen LogP contribution in [0.2, 0.25) is 0 Å². The first-order chi connectivity index (χ1) is 9.79. The van der Waals surface area contributed by atoms with E-state index < -0.39 is 5.82 Å². The summed E-state index contributed by atoms with van der Waals surface area (Å²) >= 11 is 0. The SMILES string of the molecule is CC(=O)c1c(F)cccc1Oc1ccc(C(C)(C)C)cc1. The van der Waals surface area contributed by atoms with Crippen molar-refractivity contribution >= 4 is 5.78 Å². The summed E-state index contributed by atoms with van der Waals surface area (Å²) < 4.78 is 19.4. The third-order valence-corrected chi connectivity index (χ3v) is 3.28. The highest BCUT2D eigenvalue weighted by atomic mass is 19.1. The van der Waals surface area contributed by atoms with Gasteiger partial charge in [0.1, 0.15) is 17.3 Å². The van der Waals surface area contributed by atoms with E-state index in [1.807, 2.05) is 24.3 Å². The lowest BCUT2D eigenvalue weighted by Crippen LogP contribution is -2.10. The Kier molecular flexibility index (Phi) is 4.12. The van der Waals surface area contributed by atoms with Crippen LogP contribution in [0.1, 0.15) is 43.6 Å². The summed E-state index contributed by atoms with van der Waals surface area (Å²) in [5, 5.41) is 0. The molecule has 2 nitrogen and oxygen atoms in total. The van der Waals surface area contributed by atoms with Crippen LogP contribution in [0.3, 0.4) is 0 Å². The average molecular weight is 286 g/mol. The molecule has 0 aliphatic rings. The maximum Gasteiger partial charge on any atom is 0.166 e. The lowest BCUT2D eigenvalue weighted by atomic mass is 9.87. The zero-order chi connectivity index (χ0) is 15.6. The van der Waals surface area contributed by atoms with Crippen molar-refractivity contribution in [2.24, 2.45) is 0 Å². The zero-order valence-corrected chi connectivity index (χ0v) is 12.7. The normalized spacial score (nSPS) is 11.3. The molecule has 0 saturated heterocycles. The Morgan fingerprint density at radius 2 is 1.67 bits per heavy atom. The van der Waals surface area contributed by atoms with Gasteiger partial charge in [0.25, 0.3) is 0 Å². The van der Waals surface area contributed by atoms with Crippen molar-refractivity contribution in [3.05, 3.63) is 59.4 Å². The Hall–Kier alpha value is -2.16. The van der Waals surface area contributed by atoms with E-state index >= 15 is 0 Å². The van der Waals surface area contributed by atoms with Gasteiger partial charge < -0.3 is 4.74 Å². The van der Waals surface area contributed by atoms with Crippen LogP contribution in [-0.2, 0) is 5.41 Å². The molecule has 0 aliphatic heterocycles. The smallest absolute Gasteiger partial charge is 0.166 e. The number of carbonyl (C=O) groups is 1. The number of rotatable bonds is 3. The molecule has 0 spiro atoms. The molecule has 21 heavy (non-hydrogen) atoms. The summed E-state index contributed by atoms with van der Waals surface area (Å²) in [5.74, 6) is -0.0946. The van der Waals surface area contributed by atoms with Gasteiger partial charge in [-0.05, 0) is 42.2 Å². The largest absolute Gasteiger partial charge is 0.457 e. The van der Waals surface area contributed by atoms with Gasteiger partial charge in [0.15, 0.2) is 5.78 Å². The summed E-state index contributed by atoms with van der Waals surface area (Å²) in [6.45, 7) is 7.71. The van der Waals surface area contributed by atoms with E-state index in [9.17, 15) is 9.18 Å². The molecule has 0 bridgehead atoms. The van der Waals surface area contributed by atoms with Gasteiger partial charge in [0, 0.05) is 0 Å². The van der Waals surface area contributed by atoms with Gasteiger partial charge in [-0.1, -0.05) is 39.0 Å². The number of hydrogen-bond donors (Lipinski definition) is 0. The second-order valence-corrected chi connectivity index (χ2v) is 6.05. The predicted octanol–water partition coefficient (Wildman–Crippen LogP) is 5.12. The van der Waals surface area contributed by atoms with Crippen molar-refractivity contribution < 1.29 is 13.9 Å². The molecule has 0 atom stereocenters. The van der Waals surface area contributed by atoms with Gasteiger partial charge in [0.05, 0.1) is 5.56 Å². The average Bonchev–Trinajstić information content (AvgIpc) is 2.38. The summed E-state index contributed by atoms with van der Waals surface area (Å²) in [4.78, 5) is 11.5. The first-order valence-corrected chi connectivity index (χ1v) is 6.87. The number of halogens is 1. The highest BCUT2D eigenvalue weighted by Gasteiger charge is 2.16. The molecule has 3 heteroatoms. The van der Waals surface area contributed by atoms with E-state index in [1.54, 1.807) is 6.07 Å². The predicted molar refractivity (Wildman–Crippen MR) is 81.6 cm³/mol. The molecule has 2 aromatic carbocycles. The highest BCUT2D eigenvalue weighted by Crippen LogP contribution is 2.29. The molecule has 0 radical (unpaired) electrons. The Labute approximate surface area is 124 Å². The van der Waals surface area contributed by atoms with Crippen molar-refractivity contribution in [2.75, 3.05) is 0 Å². The van der Waals surface area contributed by atoms with Gasteiger partial charge in [-0.15, -0.1) is 0 Å². The highest BCUT2D eigenvalue weighted by molar-refractivity contribution is 5.97. The Bertz CT molecular complexity index is 652. The minimum Gasteiger partial charge on any atom is -0.457 e. The zero-order valence-electron chi connectivity index (χ0n) is 12.7. The first kappa shape index (κ1) is 15.2. The fourth-order valence-corrected chi connectivity index (χ4v) is 2.08. The van der Waals surface area contributed by atoms with E-state index in [4.69, 9.17) is 4.74 Å². The minimum atomic E-state index is -0.564. The molecule has 0 aliphatic carbocycles. The third-order valence-electron chi connectivity index (χ3n) is 3.28. The minimum absolute atomic E-state index is 0.0163. The van der Waals surface area contributed by atoms with E-state index in [0.29, 0.717) is 5.75 Å². The maximum atomic E-state index is 13.7. The van der Waals surface area contributed by atoms with Gasteiger partial charge in [-0.25, -0.2) is 4.39 Å². The van der Waals surface area contributed by atoms with Crippen LogP contribution < -0.4 is 4.74 Å². The molecule has 0 heterocycles. The molecular weight excluding hydrogens is 267 g/mol. The summed E-state index contributed by atoms with van der Waals surface area (Å²) in [6.07, 6.45) is 0. The molecular formula is C18H19FO2. The second-order valence-electron chi connectivity index (χ2n) is 6.05. The molecule has 2 rings (SSSR count).